The number of carbonyl (C=O) groups excluding carboxylic acids is 6. The number of nitrogens with one attached hydrogen (secondary N) is 1. The first kappa shape index (κ1) is 68.9. The van der Waals surface area contributed by atoms with E-state index in [4.69, 9.17) is 52.1 Å². The van der Waals surface area contributed by atoms with Gasteiger partial charge in [0.2, 0.25) is 6.10 Å². The normalized spacial score (nSPS) is 30.1. The molecule has 2 aromatic carbocycles. The smallest absolute Gasteiger partial charge is 0.457 e. The van der Waals surface area contributed by atoms with Gasteiger partial charge in [0.1, 0.15) is 37.1 Å². The van der Waals surface area contributed by atoms with Crippen LogP contribution in [0, 0.1) is 22.7 Å². The quantitative estimate of drug-likeness (QED) is 0.0309. The van der Waals surface area contributed by atoms with Crippen molar-refractivity contribution in [1.29, 1.82) is 0 Å². The van der Waals surface area contributed by atoms with E-state index in [0.29, 0.717) is 6.42 Å². The summed E-state index contributed by atoms with van der Waals surface area (Å²) in [7, 11) is 0. The van der Waals surface area contributed by atoms with Gasteiger partial charge in [-0.05, 0) is 113 Å². The highest BCUT2D eigenvalue weighted by atomic mass is 16.8. The van der Waals surface area contributed by atoms with E-state index >= 15 is 4.79 Å². The van der Waals surface area contributed by atoms with E-state index in [-0.39, 0.29) is 67.3 Å². The zero-order valence-electron chi connectivity index (χ0n) is 53.7. The third-order valence-corrected chi connectivity index (χ3v) is 19.0. The van der Waals surface area contributed by atoms with E-state index in [2.05, 4.69) is 31.0 Å². The first-order valence-electron chi connectivity index (χ1n) is 32.5. The first-order chi connectivity index (χ1) is 42.6. The molecule has 3 heterocycles. The standard InChI is InChI=1S/C70H97NO18/c1-11-13-14-15-16-17-18-19-20-21-22-23-24-25-32-37-56-79-41-50(83-56)42-80-66(77)87-58(51(38-44(3)4)71-63(74)48-33-28-26-29-34-48)65(76)84-52-40-69(67(8,9)78)57(45(52)5)59(82-46(6)72)61-68(10)53(85-55(12-2)86-61)39-54-70(43-81-54,89-47(7)73)60(68)62(69)88-64(75)49-35-30-27-31-36-49/h12,18-19,26-31,33-36,44,50-56,58-62,78H,2,11,13-17,20-25,32,37-43H2,1,3-10H3,(H,71,74)/b19-18+/t50?,51-,52-,53-,54+,55-,56?,58+,59+,60-,61-,62-,68+,69-,70-/m0/s1. The Labute approximate surface area is 525 Å². The molecule has 0 radical (unpaired) electrons. The Morgan fingerprint density at radius 1 is 0.798 bits per heavy atom. The third-order valence-electron chi connectivity index (χ3n) is 19.0. The number of carbonyl (C=O) groups is 6. The molecule has 15 atom stereocenters. The number of hydrogen-bond donors (Lipinski definition) is 2. The van der Waals surface area contributed by atoms with Gasteiger partial charge in [-0.25, -0.2) is 14.4 Å². The maximum atomic E-state index is 15.5. The lowest BCUT2D eigenvalue weighted by molar-refractivity contribution is -0.392. The van der Waals surface area contributed by atoms with E-state index in [1.54, 1.807) is 67.6 Å². The summed E-state index contributed by atoms with van der Waals surface area (Å²) in [6, 6.07) is 15.4. The predicted molar refractivity (Wildman–Crippen MR) is 329 cm³/mol. The molecule has 3 aliphatic heterocycles. The van der Waals surface area contributed by atoms with Gasteiger partial charge in [-0.2, -0.15) is 0 Å². The van der Waals surface area contributed by atoms with Gasteiger partial charge < -0.3 is 62.5 Å². The van der Waals surface area contributed by atoms with Gasteiger partial charge in [-0.15, -0.1) is 0 Å². The summed E-state index contributed by atoms with van der Waals surface area (Å²) >= 11 is 0. The number of aliphatic hydroxyl groups is 1. The maximum absolute atomic E-state index is 15.5. The Hall–Kier alpha value is -5.96. The second kappa shape index (κ2) is 30.9. The van der Waals surface area contributed by atoms with Crippen molar-refractivity contribution in [3.8, 4) is 0 Å². The molecule has 19 heteroatoms. The number of unbranched alkanes of at least 4 members (excludes halogenated alkanes) is 11. The largest absolute Gasteiger partial charge is 0.509 e. The van der Waals surface area contributed by atoms with Crippen LogP contribution >= 0.6 is 0 Å². The van der Waals surface area contributed by atoms with Crippen molar-refractivity contribution in [3.63, 3.8) is 0 Å². The van der Waals surface area contributed by atoms with E-state index in [0.717, 1.165) is 25.7 Å². The second-order valence-electron chi connectivity index (χ2n) is 26.3. The summed E-state index contributed by atoms with van der Waals surface area (Å²) in [5, 5.41) is 16.2. The van der Waals surface area contributed by atoms with E-state index in [1.807, 2.05) is 20.8 Å². The average molecular weight is 1240 g/mol. The molecule has 0 bridgehead atoms. The minimum absolute atomic E-state index is 0.113. The van der Waals surface area contributed by atoms with Gasteiger partial charge in [0, 0.05) is 37.7 Å². The monoisotopic (exact) mass is 1240 g/mol. The number of ether oxygens (including phenoxy) is 11. The average Bonchev–Trinajstić information content (AvgIpc) is 1.59. The van der Waals surface area contributed by atoms with E-state index < -0.39 is 131 Å². The van der Waals surface area contributed by atoms with Crippen LogP contribution in [0.5, 0.6) is 0 Å². The lowest BCUT2D eigenvalue weighted by Crippen LogP contribution is -2.80. The molecule has 89 heavy (non-hydrogen) atoms. The SMILES string of the molecule is C=C[C@H]1O[C@H]2C[C@H]3OC[C@@]3(OC(C)=O)[C@H]3[C@H](OC(=O)c4ccccc4)[C@]4(C(C)(C)O)C[C@H](OC(=O)[C@H](OC(=O)OCC5COC(CCCCCCCC/C=C/CCCCCCC)O5)[C@H](CC(C)C)NC(=O)c5ccccc5)C(C)=C4[C@@H](OC(C)=O)[C@H](O1)[C@]23C. The molecule has 6 aliphatic rings. The van der Waals surface area contributed by atoms with Crippen LogP contribution in [0.2, 0.25) is 0 Å². The summed E-state index contributed by atoms with van der Waals surface area (Å²) in [6.07, 6.45) is 9.78. The summed E-state index contributed by atoms with van der Waals surface area (Å²) in [4.78, 5) is 85.9. The zero-order valence-corrected chi connectivity index (χ0v) is 53.7. The van der Waals surface area contributed by atoms with Gasteiger partial charge in [-0.1, -0.05) is 134 Å². The molecule has 490 valence electrons. The van der Waals surface area contributed by atoms with Gasteiger partial charge in [0.15, 0.2) is 24.3 Å². The number of fused-ring (bicyclic) bond motifs is 3. The number of esters is 4. The Morgan fingerprint density at radius 3 is 2.03 bits per heavy atom. The fraction of sp³-hybridized carbons (Fsp3) is 0.657. The third kappa shape index (κ3) is 15.9. The molecule has 0 spiro atoms. The van der Waals surface area contributed by atoms with Crippen LogP contribution in [-0.2, 0) is 66.5 Å². The molecular formula is C70H97NO18. The number of benzene rings is 2. The lowest BCUT2D eigenvalue weighted by Gasteiger charge is -2.67. The minimum atomic E-state index is -1.99. The molecule has 2 unspecified atom stereocenters. The highest BCUT2D eigenvalue weighted by molar-refractivity contribution is 5.95. The molecule has 5 fully saturated rings. The number of allylic oxidation sites excluding steroid dienone is 2. The fourth-order valence-corrected chi connectivity index (χ4v) is 14.7. The molecule has 3 aliphatic carbocycles. The summed E-state index contributed by atoms with van der Waals surface area (Å²) in [6.45, 7) is 18.8. The Bertz CT molecular complexity index is 2800. The number of rotatable bonds is 31. The molecule has 19 nitrogen and oxygen atoms in total. The molecule has 2 saturated carbocycles. The highest BCUT2D eigenvalue weighted by Gasteiger charge is 2.81. The van der Waals surface area contributed by atoms with Crippen molar-refractivity contribution >= 4 is 35.9 Å². The second-order valence-corrected chi connectivity index (χ2v) is 26.3. The molecular weight excluding hydrogens is 1140 g/mol. The molecule has 8 rings (SSSR count). The topological polar surface area (TPSA) is 236 Å². The first-order valence-corrected chi connectivity index (χ1v) is 32.5. The van der Waals surface area contributed by atoms with Crippen molar-refractivity contribution in [3.05, 3.63) is 108 Å². The van der Waals surface area contributed by atoms with Crippen LogP contribution in [0.4, 0.5) is 4.79 Å². The van der Waals surface area contributed by atoms with Gasteiger partial charge in [-0.3, -0.25) is 14.4 Å². The predicted octanol–water partition coefficient (Wildman–Crippen LogP) is 11.7. The van der Waals surface area contributed by atoms with Gasteiger partial charge in [0.25, 0.3) is 5.91 Å². The van der Waals surface area contributed by atoms with Crippen molar-refractivity contribution in [2.75, 3.05) is 19.8 Å². The number of hydrogen-bond acceptors (Lipinski definition) is 18. The highest BCUT2D eigenvalue weighted by Crippen LogP contribution is 2.70. The van der Waals surface area contributed by atoms with Gasteiger partial charge in [0.05, 0.1) is 47.9 Å². The molecule has 2 N–H and O–H groups in total. The van der Waals surface area contributed by atoms with E-state index in [9.17, 15) is 29.1 Å². The summed E-state index contributed by atoms with van der Waals surface area (Å²) in [5.74, 6) is -5.20. The lowest BCUT2D eigenvalue weighted by atomic mass is 9.49. The maximum Gasteiger partial charge on any atom is 0.509 e. The number of amides is 1. The van der Waals surface area contributed by atoms with Crippen LogP contribution in [0.15, 0.2) is 96.6 Å². The molecule has 2 aromatic rings. The van der Waals surface area contributed by atoms with Crippen LogP contribution in [-0.4, -0.2) is 140 Å². The van der Waals surface area contributed by atoms with Crippen molar-refractivity contribution in [2.24, 2.45) is 22.7 Å². The van der Waals surface area contributed by atoms with Gasteiger partial charge >= 0.3 is 30.0 Å². The van der Waals surface area contributed by atoms with Crippen molar-refractivity contribution < 1.29 is 86.0 Å². The Kier molecular flexibility index (Phi) is 23.9. The summed E-state index contributed by atoms with van der Waals surface area (Å²) < 4.78 is 70.0. The Balaban J connectivity index is 1.06. The Morgan fingerprint density at radius 2 is 1.44 bits per heavy atom. The van der Waals surface area contributed by atoms with Crippen molar-refractivity contribution in [2.45, 2.75) is 250 Å². The van der Waals surface area contributed by atoms with Crippen LogP contribution in [0.3, 0.4) is 0 Å². The summed E-state index contributed by atoms with van der Waals surface area (Å²) in [5.41, 5.74) is -5.89. The van der Waals surface area contributed by atoms with Crippen LogP contribution in [0.25, 0.3) is 0 Å². The van der Waals surface area contributed by atoms with Crippen LogP contribution in [0.1, 0.15) is 192 Å². The molecule has 3 saturated heterocycles. The zero-order chi connectivity index (χ0) is 64.1. The minimum Gasteiger partial charge on any atom is -0.457 e. The molecule has 1 amide bonds. The molecule has 0 aromatic heterocycles. The van der Waals surface area contributed by atoms with Crippen molar-refractivity contribution in [1.82, 2.24) is 5.32 Å². The fourth-order valence-electron chi connectivity index (χ4n) is 14.7. The van der Waals surface area contributed by atoms with E-state index in [1.165, 1.54) is 91.6 Å². The van der Waals surface area contributed by atoms with Crippen LogP contribution < -0.4 is 5.32 Å².